The van der Waals surface area contributed by atoms with Gasteiger partial charge in [-0.1, -0.05) is 45.0 Å². The van der Waals surface area contributed by atoms with Crippen LogP contribution in [0.1, 0.15) is 37.1 Å². The minimum absolute atomic E-state index is 0.376. The molecule has 0 aliphatic carbocycles. The Morgan fingerprint density at radius 2 is 1.93 bits per heavy atom. The van der Waals surface area contributed by atoms with Gasteiger partial charge in [0.2, 0.25) is 0 Å². The molecule has 2 rings (SSSR count). The number of hydrogen-bond donors (Lipinski definition) is 0. The van der Waals surface area contributed by atoms with Crippen LogP contribution in [0.5, 0.6) is 0 Å². The number of fused-ring (bicyclic) bond motifs is 1. The summed E-state index contributed by atoms with van der Waals surface area (Å²) in [5.41, 5.74) is 3.50. The van der Waals surface area contributed by atoms with E-state index >= 15 is 0 Å². The van der Waals surface area contributed by atoms with Crippen LogP contribution in [-0.2, 0) is 6.42 Å². The largest absolute Gasteiger partial charge is 0.153 e. The predicted molar refractivity (Wildman–Crippen MR) is 64.8 cm³/mol. The molecule has 0 amide bonds. The molecule has 1 atom stereocenters. The molecule has 1 heteroatoms. The summed E-state index contributed by atoms with van der Waals surface area (Å²) in [4.78, 5) is 0. The third-order valence-electron chi connectivity index (χ3n) is 2.78. The first-order chi connectivity index (χ1) is 6.59. The standard InChI is InChI=1S/C13H18S/c1-13(2,3)12-11-7-5-4-6-10(11)8-9-14-12/h4-7,12H,8-9H2,1-3H3. The van der Waals surface area contributed by atoms with E-state index in [2.05, 4.69) is 56.8 Å². The molecule has 1 aliphatic rings. The van der Waals surface area contributed by atoms with Gasteiger partial charge in [-0.05, 0) is 28.7 Å². The van der Waals surface area contributed by atoms with E-state index in [9.17, 15) is 0 Å². The van der Waals surface area contributed by atoms with E-state index < -0.39 is 0 Å². The Labute approximate surface area is 91.1 Å². The zero-order valence-electron chi connectivity index (χ0n) is 9.21. The summed E-state index contributed by atoms with van der Waals surface area (Å²) in [7, 11) is 0. The molecule has 0 nitrogen and oxygen atoms in total. The highest BCUT2D eigenvalue weighted by atomic mass is 32.2. The van der Waals surface area contributed by atoms with Crippen LogP contribution >= 0.6 is 11.8 Å². The fourth-order valence-corrected chi connectivity index (χ4v) is 3.59. The molecule has 0 N–H and O–H groups in total. The van der Waals surface area contributed by atoms with Gasteiger partial charge in [0.05, 0.1) is 0 Å². The van der Waals surface area contributed by atoms with E-state index in [1.54, 1.807) is 11.1 Å². The molecule has 0 saturated carbocycles. The Hall–Kier alpha value is -0.430. The first-order valence-corrected chi connectivity index (χ1v) is 6.33. The summed E-state index contributed by atoms with van der Waals surface area (Å²) in [6, 6.07) is 8.92. The van der Waals surface area contributed by atoms with E-state index in [1.165, 1.54) is 12.2 Å². The van der Waals surface area contributed by atoms with Crippen molar-refractivity contribution in [2.45, 2.75) is 32.4 Å². The van der Waals surface area contributed by atoms with Gasteiger partial charge < -0.3 is 0 Å². The van der Waals surface area contributed by atoms with E-state index in [0.29, 0.717) is 10.7 Å². The summed E-state index contributed by atoms with van der Waals surface area (Å²) in [6.07, 6.45) is 1.24. The van der Waals surface area contributed by atoms with Crippen molar-refractivity contribution in [3.05, 3.63) is 35.4 Å². The van der Waals surface area contributed by atoms with Crippen LogP contribution in [0.15, 0.2) is 24.3 Å². The third-order valence-corrected chi connectivity index (χ3v) is 4.51. The smallest absolute Gasteiger partial charge is 0.0348 e. The molecule has 0 bridgehead atoms. The molecule has 0 spiro atoms. The van der Waals surface area contributed by atoms with Gasteiger partial charge in [0.25, 0.3) is 0 Å². The van der Waals surface area contributed by atoms with Gasteiger partial charge in [0.1, 0.15) is 0 Å². The lowest BCUT2D eigenvalue weighted by Gasteiger charge is -2.35. The maximum Gasteiger partial charge on any atom is 0.0348 e. The van der Waals surface area contributed by atoms with Gasteiger partial charge in [-0.25, -0.2) is 0 Å². The average Bonchev–Trinajstić information content (AvgIpc) is 2.15. The normalized spacial score (nSPS) is 21.8. The maximum atomic E-state index is 2.34. The minimum Gasteiger partial charge on any atom is -0.153 e. The first kappa shape index (κ1) is 10.1. The molecule has 1 heterocycles. The molecular weight excluding hydrogens is 188 g/mol. The number of rotatable bonds is 0. The first-order valence-electron chi connectivity index (χ1n) is 5.28. The van der Waals surface area contributed by atoms with Crippen molar-refractivity contribution < 1.29 is 0 Å². The van der Waals surface area contributed by atoms with Crippen LogP contribution in [0, 0.1) is 5.41 Å². The second kappa shape index (κ2) is 3.62. The highest BCUT2D eigenvalue weighted by molar-refractivity contribution is 7.99. The second-order valence-corrected chi connectivity index (χ2v) is 6.28. The second-order valence-electron chi connectivity index (χ2n) is 5.07. The molecule has 1 aliphatic heterocycles. The van der Waals surface area contributed by atoms with Crippen LogP contribution in [0.25, 0.3) is 0 Å². The zero-order valence-corrected chi connectivity index (χ0v) is 10.0. The lowest BCUT2D eigenvalue weighted by Crippen LogP contribution is -2.20. The van der Waals surface area contributed by atoms with Gasteiger partial charge in [0, 0.05) is 5.25 Å². The molecule has 1 unspecified atom stereocenters. The maximum absolute atomic E-state index is 2.34. The van der Waals surface area contributed by atoms with Crippen molar-refractivity contribution in [1.82, 2.24) is 0 Å². The van der Waals surface area contributed by atoms with Crippen LogP contribution in [0.4, 0.5) is 0 Å². The summed E-state index contributed by atoms with van der Waals surface area (Å²) < 4.78 is 0. The van der Waals surface area contributed by atoms with E-state index in [-0.39, 0.29) is 0 Å². The van der Waals surface area contributed by atoms with Crippen molar-refractivity contribution >= 4 is 11.8 Å². The van der Waals surface area contributed by atoms with Crippen molar-refractivity contribution in [1.29, 1.82) is 0 Å². The fourth-order valence-electron chi connectivity index (χ4n) is 2.11. The summed E-state index contributed by atoms with van der Waals surface area (Å²) in [5, 5.41) is 0.674. The highest BCUT2D eigenvalue weighted by Crippen LogP contribution is 2.47. The number of hydrogen-bond acceptors (Lipinski definition) is 1. The summed E-state index contributed by atoms with van der Waals surface area (Å²) >= 11 is 2.11. The topological polar surface area (TPSA) is 0 Å². The summed E-state index contributed by atoms with van der Waals surface area (Å²) in [5.74, 6) is 1.28. The average molecular weight is 206 g/mol. The van der Waals surface area contributed by atoms with Crippen molar-refractivity contribution in [3.63, 3.8) is 0 Å². The van der Waals surface area contributed by atoms with Gasteiger partial charge in [-0.2, -0.15) is 11.8 Å². The molecule has 1 aromatic rings. The molecule has 0 saturated heterocycles. The molecular formula is C13H18S. The Morgan fingerprint density at radius 3 is 2.64 bits per heavy atom. The van der Waals surface area contributed by atoms with Gasteiger partial charge in [-0.15, -0.1) is 0 Å². The molecule has 76 valence electrons. The van der Waals surface area contributed by atoms with Crippen LogP contribution in [0.3, 0.4) is 0 Å². The zero-order chi connectivity index (χ0) is 10.2. The van der Waals surface area contributed by atoms with Crippen LogP contribution in [0.2, 0.25) is 0 Å². The monoisotopic (exact) mass is 206 g/mol. The quantitative estimate of drug-likeness (QED) is 0.617. The van der Waals surface area contributed by atoms with Gasteiger partial charge in [0.15, 0.2) is 0 Å². The lowest BCUT2D eigenvalue weighted by molar-refractivity contribution is 0.398. The molecule has 0 aromatic heterocycles. The SMILES string of the molecule is CC(C)(C)C1SCCc2ccccc21. The molecule has 0 radical (unpaired) electrons. The van der Waals surface area contributed by atoms with Crippen molar-refractivity contribution in [2.24, 2.45) is 5.41 Å². The predicted octanol–water partition coefficient (Wildman–Crippen LogP) is 4.06. The van der Waals surface area contributed by atoms with Gasteiger partial charge in [-0.3, -0.25) is 0 Å². The Balaban J connectivity index is 2.41. The molecule has 1 aromatic carbocycles. The third kappa shape index (κ3) is 1.83. The fraction of sp³-hybridized carbons (Fsp3) is 0.538. The Kier molecular flexibility index (Phi) is 2.61. The van der Waals surface area contributed by atoms with E-state index in [0.717, 1.165) is 0 Å². The van der Waals surface area contributed by atoms with Crippen molar-refractivity contribution in [3.8, 4) is 0 Å². The van der Waals surface area contributed by atoms with Crippen LogP contribution in [-0.4, -0.2) is 5.75 Å². The number of aryl methyl sites for hydroxylation is 1. The summed E-state index contributed by atoms with van der Waals surface area (Å²) in [6.45, 7) is 7.02. The van der Waals surface area contributed by atoms with E-state index in [1.807, 2.05) is 0 Å². The molecule has 14 heavy (non-hydrogen) atoms. The number of benzene rings is 1. The lowest BCUT2D eigenvalue weighted by atomic mass is 9.85. The van der Waals surface area contributed by atoms with E-state index in [4.69, 9.17) is 0 Å². The highest BCUT2D eigenvalue weighted by Gasteiger charge is 2.30. The Bertz CT molecular complexity index is 322. The van der Waals surface area contributed by atoms with Gasteiger partial charge >= 0.3 is 0 Å². The number of thioether (sulfide) groups is 1. The van der Waals surface area contributed by atoms with Crippen LogP contribution < -0.4 is 0 Å². The molecule has 0 fully saturated rings. The van der Waals surface area contributed by atoms with Crippen molar-refractivity contribution in [2.75, 3.05) is 5.75 Å². The Morgan fingerprint density at radius 1 is 1.21 bits per heavy atom. The minimum atomic E-state index is 0.376.